The standard InChI is InChI=1S/C8H8O5/c1-4-7(8(11)12-2)5(9)3-6(10)13-4/h3,9H,1-2H3. The molecule has 0 radical (unpaired) electrons. The predicted octanol–water partition coefficient (Wildman–Crippen LogP) is 0.440. The molecule has 0 amide bonds. The molecule has 1 rings (SSSR count). The highest BCUT2D eigenvalue weighted by molar-refractivity contribution is 5.93. The molecule has 5 nitrogen and oxygen atoms in total. The maximum atomic E-state index is 11.0. The van der Waals surface area contributed by atoms with Crippen LogP contribution in [0.1, 0.15) is 16.1 Å². The van der Waals surface area contributed by atoms with E-state index in [2.05, 4.69) is 9.15 Å². The minimum atomic E-state index is -0.737. The van der Waals surface area contributed by atoms with Crippen LogP contribution in [0.2, 0.25) is 0 Å². The number of carbonyl (C=O) groups is 1. The summed E-state index contributed by atoms with van der Waals surface area (Å²) in [4.78, 5) is 21.7. The van der Waals surface area contributed by atoms with E-state index in [4.69, 9.17) is 0 Å². The average Bonchev–Trinajstić information content (AvgIpc) is 2.02. The molecule has 0 saturated heterocycles. The van der Waals surface area contributed by atoms with Crippen molar-refractivity contribution in [2.75, 3.05) is 7.11 Å². The van der Waals surface area contributed by atoms with Crippen molar-refractivity contribution in [3.05, 3.63) is 27.8 Å². The van der Waals surface area contributed by atoms with Crippen LogP contribution in [0.15, 0.2) is 15.3 Å². The van der Waals surface area contributed by atoms with Crippen molar-refractivity contribution < 1.29 is 19.1 Å². The lowest BCUT2D eigenvalue weighted by atomic mass is 10.2. The number of rotatable bonds is 1. The molecule has 0 atom stereocenters. The van der Waals surface area contributed by atoms with E-state index < -0.39 is 17.3 Å². The molecule has 70 valence electrons. The molecule has 1 aromatic heterocycles. The van der Waals surface area contributed by atoms with Crippen LogP contribution in [-0.2, 0) is 4.74 Å². The lowest BCUT2D eigenvalue weighted by Crippen LogP contribution is -2.08. The first kappa shape index (κ1) is 9.31. The van der Waals surface area contributed by atoms with Crippen LogP contribution in [-0.4, -0.2) is 18.2 Å². The van der Waals surface area contributed by atoms with Gasteiger partial charge in [-0.1, -0.05) is 0 Å². The molecule has 0 aliphatic carbocycles. The van der Waals surface area contributed by atoms with Gasteiger partial charge in [0.05, 0.1) is 13.2 Å². The zero-order valence-corrected chi connectivity index (χ0v) is 7.16. The predicted molar refractivity (Wildman–Crippen MR) is 42.7 cm³/mol. The highest BCUT2D eigenvalue weighted by Gasteiger charge is 2.17. The SMILES string of the molecule is COC(=O)c1c(O)cc(=O)oc1C. The molecule has 0 unspecified atom stereocenters. The second-order valence-electron chi connectivity index (χ2n) is 2.37. The van der Waals surface area contributed by atoms with Gasteiger partial charge in [0.1, 0.15) is 17.1 Å². The fraction of sp³-hybridized carbons (Fsp3) is 0.250. The minimum absolute atomic E-state index is 0.0388. The normalized spacial score (nSPS) is 9.69. The van der Waals surface area contributed by atoms with Crippen LogP contribution >= 0.6 is 0 Å². The third-order valence-electron chi connectivity index (χ3n) is 1.51. The van der Waals surface area contributed by atoms with Crippen LogP contribution in [0.25, 0.3) is 0 Å². The molecule has 0 aliphatic heterocycles. The first-order valence-corrected chi connectivity index (χ1v) is 3.48. The number of ether oxygens (including phenoxy) is 1. The van der Waals surface area contributed by atoms with E-state index >= 15 is 0 Å². The van der Waals surface area contributed by atoms with Gasteiger partial charge in [-0.15, -0.1) is 0 Å². The van der Waals surface area contributed by atoms with E-state index in [1.165, 1.54) is 14.0 Å². The van der Waals surface area contributed by atoms with Crippen LogP contribution < -0.4 is 5.63 Å². The number of methoxy groups -OCH3 is 1. The van der Waals surface area contributed by atoms with E-state index in [1.54, 1.807) is 0 Å². The fourth-order valence-corrected chi connectivity index (χ4v) is 0.946. The summed E-state index contributed by atoms with van der Waals surface area (Å²) in [7, 11) is 1.17. The van der Waals surface area contributed by atoms with Gasteiger partial charge in [-0.3, -0.25) is 0 Å². The van der Waals surface area contributed by atoms with E-state index in [-0.39, 0.29) is 11.3 Å². The molecular weight excluding hydrogens is 176 g/mol. The zero-order valence-electron chi connectivity index (χ0n) is 7.16. The maximum Gasteiger partial charge on any atom is 0.345 e. The van der Waals surface area contributed by atoms with Gasteiger partial charge in [0.15, 0.2) is 0 Å². The Hall–Kier alpha value is -1.78. The number of hydrogen-bond donors (Lipinski definition) is 1. The molecule has 0 fully saturated rings. The van der Waals surface area contributed by atoms with Gasteiger partial charge in [-0.2, -0.15) is 0 Å². The lowest BCUT2D eigenvalue weighted by molar-refractivity contribution is 0.0592. The van der Waals surface area contributed by atoms with E-state index in [0.717, 1.165) is 6.07 Å². The van der Waals surface area contributed by atoms with E-state index in [0.29, 0.717) is 0 Å². The van der Waals surface area contributed by atoms with Crippen LogP contribution in [0.3, 0.4) is 0 Å². The smallest absolute Gasteiger partial charge is 0.345 e. The minimum Gasteiger partial charge on any atom is -0.507 e. The first-order chi connectivity index (χ1) is 6.06. The average molecular weight is 184 g/mol. The van der Waals surface area contributed by atoms with Gasteiger partial charge in [0.2, 0.25) is 0 Å². The number of aromatic hydroxyl groups is 1. The molecule has 1 N–H and O–H groups in total. The van der Waals surface area contributed by atoms with Crippen molar-refractivity contribution in [2.24, 2.45) is 0 Å². The molecule has 5 heteroatoms. The summed E-state index contributed by atoms with van der Waals surface area (Å²) in [5.74, 6) is -1.13. The molecule has 13 heavy (non-hydrogen) atoms. The van der Waals surface area contributed by atoms with Gasteiger partial charge in [0.25, 0.3) is 0 Å². The largest absolute Gasteiger partial charge is 0.507 e. The molecule has 0 saturated carbocycles. The number of esters is 1. The Morgan fingerprint density at radius 1 is 1.62 bits per heavy atom. The Kier molecular flexibility index (Phi) is 2.36. The molecule has 1 heterocycles. The second kappa shape index (κ2) is 3.30. The third kappa shape index (κ3) is 1.69. The van der Waals surface area contributed by atoms with Gasteiger partial charge in [-0.05, 0) is 6.92 Å². The van der Waals surface area contributed by atoms with Gasteiger partial charge < -0.3 is 14.3 Å². The summed E-state index contributed by atoms with van der Waals surface area (Å²) in [6.07, 6.45) is 0. The van der Waals surface area contributed by atoms with Crippen molar-refractivity contribution in [1.82, 2.24) is 0 Å². The molecule has 0 aromatic carbocycles. The molecule has 0 aliphatic rings. The van der Waals surface area contributed by atoms with Gasteiger partial charge in [-0.25, -0.2) is 9.59 Å². The third-order valence-corrected chi connectivity index (χ3v) is 1.51. The van der Waals surface area contributed by atoms with Crippen LogP contribution in [0.4, 0.5) is 0 Å². The van der Waals surface area contributed by atoms with Crippen molar-refractivity contribution in [2.45, 2.75) is 6.92 Å². The summed E-state index contributed by atoms with van der Waals surface area (Å²) in [5, 5.41) is 9.21. The molecule has 1 aromatic rings. The topological polar surface area (TPSA) is 76.7 Å². The van der Waals surface area contributed by atoms with Crippen molar-refractivity contribution >= 4 is 5.97 Å². The Labute approximate surface area is 73.6 Å². The van der Waals surface area contributed by atoms with Crippen molar-refractivity contribution in [3.8, 4) is 5.75 Å². The Balaban J connectivity index is 3.37. The van der Waals surface area contributed by atoms with Crippen molar-refractivity contribution in [1.29, 1.82) is 0 Å². The fourth-order valence-electron chi connectivity index (χ4n) is 0.946. The molecular formula is C8H8O5. The summed E-state index contributed by atoms with van der Waals surface area (Å²) in [6.45, 7) is 1.40. The molecule has 0 spiro atoms. The zero-order chi connectivity index (χ0) is 10.0. The summed E-state index contributed by atoms with van der Waals surface area (Å²) in [5.41, 5.74) is -0.829. The Morgan fingerprint density at radius 2 is 2.23 bits per heavy atom. The quantitative estimate of drug-likeness (QED) is 0.641. The number of carbonyl (C=O) groups excluding carboxylic acids is 1. The van der Waals surface area contributed by atoms with Crippen LogP contribution in [0, 0.1) is 6.92 Å². The van der Waals surface area contributed by atoms with E-state index in [1.807, 2.05) is 0 Å². The first-order valence-electron chi connectivity index (χ1n) is 3.48. The maximum absolute atomic E-state index is 11.0. The van der Waals surface area contributed by atoms with E-state index in [9.17, 15) is 14.7 Å². The highest BCUT2D eigenvalue weighted by atomic mass is 16.5. The Bertz CT molecular complexity index is 364. The summed E-state index contributed by atoms with van der Waals surface area (Å²) >= 11 is 0. The van der Waals surface area contributed by atoms with Gasteiger partial charge in [0, 0.05) is 0 Å². The lowest BCUT2D eigenvalue weighted by Gasteiger charge is -2.03. The highest BCUT2D eigenvalue weighted by Crippen LogP contribution is 2.18. The monoisotopic (exact) mass is 184 g/mol. The number of aryl methyl sites for hydroxylation is 1. The second-order valence-corrected chi connectivity index (χ2v) is 2.37. The molecule has 0 bridgehead atoms. The van der Waals surface area contributed by atoms with Gasteiger partial charge >= 0.3 is 11.6 Å². The summed E-state index contributed by atoms with van der Waals surface area (Å²) in [6, 6.07) is 0.819. The summed E-state index contributed by atoms with van der Waals surface area (Å²) < 4.78 is 8.97. The van der Waals surface area contributed by atoms with Crippen LogP contribution in [0.5, 0.6) is 5.75 Å². The Morgan fingerprint density at radius 3 is 2.69 bits per heavy atom. The van der Waals surface area contributed by atoms with Crippen molar-refractivity contribution in [3.63, 3.8) is 0 Å². The number of hydrogen-bond acceptors (Lipinski definition) is 5.